The van der Waals surface area contributed by atoms with Crippen molar-refractivity contribution in [2.45, 2.75) is 26.8 Å². The zero-order valence-corrected chi connectivity index (χ0v) is 10.5. The molecule has 0 aliphatic rings. The van der Waals surface area contributed by atoms with E-state index in [2.05, 4.69) is 10.1 Å². The molecule has 1 amide bonds. The van der Waals surface area contributed by atoms with E-state index in [1.54, 1.807) is 0 Å². The molecule has 1 atom stereocenters. The number of ether oxygens (including phenoxy) is 2. The Bertz CT molecular complexity index is 233. The summed E-state index contributed by atoms with van der Waals surface area (Å²) in [5, 5.41) is 2.34. The number of carbonyl (C=O) groups excluding carboxylic acids is 2. The van der Waals surface area contributed by atoms with Gasteiger partial charge in [0.2, 0.25) is 0 Å². The normalized spacial score (nSPS) is 12.1. The molecule has 0 aromatic carbocycles. The number of hydrogen-bond donors (Lipinski definition) is 1. The van der Waals surface area contributed by atoms with Crippen molar-refractivity contribution in [3.63, 3.8) is 0 Å². The molecule has 0 saturated carbocycles. The Labute approximate surface area is 100 Å². The number of esters is 1. The molecule has 0 spiro atoms. The first-order chi connectivity index (χ1) is 7.47. The quantitative estimate of drug-likeness (QED) is 0.575. The summed E-state index contributed by atoms with van der Waals surface area (Å²) in [6.07, 6.45) is -0.672. The molecule has 0 saturated heterocycles. The summed E-state index contributed by atoms with van der Waals surface area (Å²) in [5.41, 5.74) is 0. The topological polar surface area (TPSA) is 64.6 Å². The molecular formula is C10H18ClNO4. The average molecular weight is 252 g/mol. The van der Waals surface area contributed by atoms with Crippen molar-refractivity contribution in [1.29, 1.82) is 0 Å². The highest BCUT2D eigenvalue weighted by Gasteiger charge is 2.17. The van der Waals surface area contributed by atoms with Crippen LogP contribution < -0.4 is 5.32 Å². The minimum atomic E-state index is -0.721. The highest BCUT2D eigenvalue weighted by atomic mass is 35.5. The second-order valence-corrected chi connectivity index (χ2v) is 4.09. The van der Waals surface area contributed by atoms with E-state index in [4.69, 9.17) is 16.3 Å². The highest BCUT2D eigenvalue weighted by molar-refractivity contribution is 6.18. The predicted octanol–water partition coefficient (Wildman–Crippen LogP) is 1.54. The number of halogens is 1. The second kappa shape index (κ2) is 8.21. The van der Waals surface area contributed by atoms with Crippen LogP contribution in [0.3, 0.4) is 0 Å². The molecular weight excluding hydrogens is 234 g/mol. The van der Waals surface area contributed by atoms with Crippen LogP contribution in [0.1, 0.15) is 20.8 Å². The minimum absolute atomic E-state index is 0.112. The van der Waals surface area contributed by atoms with Gasteiger partial charge >= 0.3 is 12.1 Å². The van der Waals surface area contributed by atoms with Gasteiger partial charge in [-0.15, -0.1) is 11.6 Å². The van der Waals surface area contributed by atoms with Crippen LogP contribution >= 0.6 is 11.6 Å². The fourth-order valence-corrected chi connectivity index (χ4v) is 0.860. The Balaban J connectivity index is 3.81. The average Bonchev–Trinajstić information content (AvgIpc) is 2.22. The monoisotopic (exact) mass is 251 g/mol. The molecule has 16 heavy (non-hydrogen) atoms. The lowest BCUT2D eigenvalue weighted by Crippen LogP contribution is -2.40. The molecule has 0 rings (SSSR count). The summed E-state index contributed by atoms with van der Waals surface area (Å²) >= 11 is 5.33. The van der Waals surface area contributed by atoms with E-state index in [1.807, 2.05) is 13.8 Å². The third-order valence-corrected chi connectivity index (χ3v) is 1.71. The van der Waals surface area contributed by atoms with Gasteiger partial charge in [0.1, 0.15) is 12.6 Å². The molecule has 5 nitrogen and oxygen atoms in total. The van der Waals surface area contributed by atoms with Crippen molar-refractivity contribution in [3.8, 4) is 0 Å². The van der Waals surface area contributed by atoms with Gasteiger partial charge in [0.15, 0.2) is 0 Å². The van der Waals surface area contributed by atoms with Crippen LogP contribution in [0.5, 0.6) is 0 Å². The maximum absolute atomic E-state index is 11.3. The second-order valence-electron chi connectivity index (χ2n) is 3.71. The number of rotatable bonds is 6. The zero-order valence-electron chi connectivity index (χ0n) is 9.79. The number of hydrogen-bond acceptors (Lipinski definition) is 4. The standard InChI is InChI=1S/C10H18ClNO4/c1-7(2)6-16-9(13)8(3)12-10(14)15-5-4-11/h7-8H,4-6H2,1-3H3,(H,12,14). The number of amides is 1. The van der Waals surface area contributed by atoms with Gasteiger partial charge in [-0.2, -0.15) is 0 Å². The Morgan fingerprint density at radius 2 is 1.88 bits per heavy atom. The van der Waals surface area contributed by atoms with Crippen LogP contribution in [-0.2, 0) is 14.3 Å². The van der Waals surface area contributed by atoms with E-state index in [0.29, 0.717) is 6.61 Å². The molecule has 0 radical (unpaired) electrons. The molecule has 0 aromatic heterocycles. The Morgan fingerprint density at radius 1 is 1.25 bits per heavy atom. The molecule has 0 fully saturated rings. The van der Waals surface area contributed by atoms with Crippen molar-refractivity contribution >= 4 is 23.7 Å². The van der Waals surface area contributed by atoms with Gasteiger partial charge in [-0.05, 0) is 12.8 Å². The lowest BCUT2D eigenvalue weighted by Gasteiger charge is -2.14. The largest absolute Gasteiger partial charge is 0.464 e. The molecule has 0 bridgehead atoms. The van der Waals surface area contributed by atoms with Gasteiger partial charge in [-0.1, -0.05) is 13.8 Å². The van der Waals surface area contributed by atoms with Crippen molar-refractivity contribution in [1.82, 2.24) is 5.32 Å². The third-order valence-electron chi connectivity index (χ3n) is 1.56. The van der Waals surface area contributed by atoms with Crippen LogP contribution in [0.15, 0.2) is 0 Å². The molecule has 0 aliphatic heterocycles. The maximum atomic E-state index is 11.3. The van der Waals surface area contributed by atoms with E-state index in [0.717, 1.165) is 0 Å². The first-order valence-electron chi connectivity index (χ1n) is 5.13. The Morgan fingerprint density at radius 3 is 2.38 bits per heavy atom. The highest BCUT2D eigenvalue weighted by Crippen LogP contribution is 1.96. The van der Waals surface area contributed by atoms with Gasteiger partial charge in [0.05, 0.1) is 12.5 Å². The van der Waals surface area contributed by atoms with E-state index in [9.17, 15) is 9.59 Å². The van der Waals surface area contributed by atoms with E-state index in [1.165, 1.54) is 6.92 Å². The van der Waals surface area contributed by atoms with Crippen LogP contribution in [0.4, 0.5) is 4.79 Å². The van der Waals surface area contributed by atoms with Crippen LogP contribution in [0.25, 0.3) is 0 Å². The van der Waals surface area contributed by atoms with Crippen molar-refractivity contribution in [2.75, 3.05) is 19.1 Å². The summed E-state index contributed by atoms with van der Waals surface area (Å²) in [4.78, 5) is 22.4. The zero-order chi connectivity index (χ0) is 12.6. The van der Waals surface area contributed by atoms with Gasteiger partial charge in [-0.25, -0.2) is 9.59 Å². The smallest absolute Gasteiger partial charge is 0.407 e. The van der Waals surface area contributed by atoms with Crippen molar-refractivity contribution in [2.24, 2.45) is 5.92 Å². The molecule has 0 aromatic rings. The number of alkyl halides is 1. The predicted molar refractivity (Wildman–Crippen MR) is 60.5 cm³/mol. The van der Waals surface area contributed by atoms with Gasteiger partial charge in [0, 0.05) is 0 Å². The van der Waals surface area contributed by atoms with E-state index < -0.39 is 18.1 Å². The van der Waals surface area contributed by atoms with Crippen LogP contribution in [0, 0.1) is 5.92 Å². The van der Waals surface area contributed by atoms with E-state index in [-0.39, 0.29) is 18.4 Å². The maximum Gasteiger partial charge on any atom is 0.407 e. The number of alkyl carbamates (subject to hydrolysis) is 1. The Kier molecular flexibility index (Phi) is 7.72. The molecule has 94 valence electrons. The van der Waals surface area contributed by atoms with Crippen LogP contribution in [0.2, 0.25) is 0 Å². The first kappa shape index (κ1) is 15.0. The van der Waals surface area contributed by atoms with Gasteiger partial charge in [0.25, 0.3) is 0 Å². The fraction of sp³-hybridized carbons (Fsp3) is 0.800. The molecule has 6 heteroatoms. The molecule has 1 N–H and O–H groups in total. The molecule has 1 unspecified atom stereocenters. The SMILES string of the molecule is CC(C)COC(=O)C(C)NC(=O)OCCCl. The van der Waals surface area contributed by atoms with Crippen molar-refractivity contribution < 1.29 is 19.1 Å². The number of nitrogens with one attached hydrogen (secondary N) is 1. The lowest BCUT2D eigenvalue weighted by molar-refractivity contribution is -0.146. The summed E-state index contributed by atoms with van der Waals surface area (Å²) in [6.45, 7) is 5.84. The van der Waals surface area contributed by atoms with Gasteiger partial charge < -0.3 is 14.8 Å². The summed E-state index contributed by atoms with van der Waals surface area (Å²) in [5.74, 6) is 0.00967. The summed E-state index contributed by atoms with van der Waals surface area (Å²) < 4.78 is 9.58. The third kappa shape index (κ3) is 7.34. The fourth-order valence-electron chi connectivity index (χ4n) is 0.782. The van der Waals surface area contributed by atoms with E-state index >= 15 is 0 Å². The summed E-state index contributed by atoms with van der Waals surface area (Å²) in [6, 6.07) is -0.721. The Hall–Kier alpha value is -0.970. The minimum Gasteiger partial charge on any atom is -0.464 e. The molecule has 0 heterocycles. The lowest BCUT2D eigenvalue weighted by atomic mass is 10.2. The van der Waals surface area contributed by atoms with Crippen LogP contribution in [-0.4, -0.2) is 37.2 Å². The van der Waals surface area contributed by atoms with Crippen molar-refractivity contribution in [3.05, 3.63) is 0 Å². The number of carbonyl (C=O) groups is 2. The van der Waals surface area contributed by atoms with Gasteiger partial charge in [-0.3, -0.25) is 0 Å². The summed E-state index contributed by atoms with van der Waals surface area (Å²) in [7, 11) is 0. The first-order valence-corrected chi connectivity index (χ1v) is 5.66. The molecule has 0 aliphatic carbocycles.